The first-order valence-electron chi connectivity index (χ1n) is 10.9. The topological polar surface area (TPSA) is 87.7 Å². The van der Waals surface area contributed by atoms with Crippen LogP contribution in [0.2, 0.25) is 0 Å². The number of hydrogen-bond donors (Lipinski definition) is 1. The highest BCUT2D eigenvalue weighted by Gasteiger charge is 2.25. The van der Waals surface area contributed by atoms with Crippen molar-refractivity contribution in [1.82, 2.24) is 10.2 Å². The van der Waals surface area contributed by atoms with Crippen LogP contribution in [-0.2, 0) is 11.3 Å². The first-order chi connectivity index (χ1) is 16.5. The number of hydrogen-bond acceptors (Lipinski definition) is 8. The lowest BCUT2D eigenvalue weighted by Gasteiger charge is -2.34. The second-order valence-electron chi connectivity index (χ2n) is 7.83. The Kier molecular flexibility index (Phi) is 7.59. The fourth-order valence-corrected chi connectivity index (χ4v) is 4.08. The maximum Gasteiger partial charge on any atom is 0.231 e. The fourth-order valence-electron chi connectivity index (χ4n) is 3.84. The van der Waals surface area contributed by atoms with Crippen molar-refractivity contribution in [2.24, 2.45) is 0 Å². The highest BCUT2D eigenvalue weighted by Crippen LogP contribution is 2.40. The van der Waals surface area contributed by atoms with Crippen molar-refractivity contribution in [3.63, 3.8) is 0 Å². The predicted octanol–water partition coefficient (Wildman–Crippen LogP) is 2.79. The molecule has 0 saturated carbocycles. The largest absolute Gasteiger partial charge is 0.493 e. The Hall–Kier alpha value is -3.24. The number of Topliss-reactive ketones (excluding diaryl/α,β-unsaturated/α-hetero) is 1. The average Bonchev–Trinajstić information content (AvgIpc) is 3.33. The van der Waals surface area contributed by atoms with Gasteiger partial charge < -0.3 is 38.6 Å². The number of ether oxygens (including phenoxy) is 6. The quantitative estimate of drug-likeness (QED) is 0.442. The maximum atomic E-state index is 12.1. The summed E-state index contributed by atoms with van der Waals surface area (Å²) in [4.78, 5) is 14.2. The lowest BCUT2D eigenvalue weighted by molar-refractivity contribution is -0.0292. The Morgan fingerprint density at radius 2 is 1.97 bits per heavy atom. The average molecular weight is 489 g/mol. The summed E-state index contributed by atoms with van der Waals surface area (Å²) in [5.74, 6) is 2.58. The summed E-state index contributed by atoms with van der Waals surface area (Å²) in [7, 11) is 3.05. The van der Waals surface area contributed by atoms with Crippen molar-refractivity contribution in [2.45, 2.75) is 19.6 Å². The van der Waals surface area contributed by atoms with Crippen LogP contribution in [0, 0.1) is 0 Å². The van der Waals surface area contributed by atoms with Gasteiger partial charge in [0, 0.05) is 19.6 Å². The van der Waals surface area contributed by atoms with E-state index in [2.05, 4.69) is 10.2 Å². The first-order valence-corrected chi connectivity index (χ1v) is 11.3. The van der Waals surface area contributed by atoms with Gasteiger partial charge in [0.1, 0.15) is 12.7 Å². The molecule has 1 saturated heterocycles. The number of benzene rings is 2. The van der Waals surface area contributed by atoms with E-state index in [0.29, 0.717) is 54.2 Å². The summed E-state index contributed by atoms with van der Waals surface area (Å²) in [6, 6.07) is 9.18. The molecule has 0 radical (unpaired) electrons. The summed E-state index contributed by atoms with van der Waals surface area (Å²) in [6.45, 7) is 4.25. The Morgan fingerprint density at radius 1 is 1.15 bits per heavy atom. The standard InChI is InChI=1S/C24H28N2O7S/c1-15(27)18-5-7-20(28-2)23(29-3)22(18)31-13-17-12-26(8-9-30-17)24(34)25-11-16-4-6-19-21(10-16)33-14-32-19/h4-7,10,17H,8-9,11-14H2,1-3H3,(H,25,34). The highest BCUT2D eigenvalue weighted by molar-refractivity contribution is 7.80. The molecule has 10 heteroatoms. The van der Waals surface area contributed by atoms with Gasteiger partial charge in [-0.3, -0.25) is 4.79 Å². The van der Waals surface area contributed by atoms with Crippen molar-refractivity contribution in [1.29, 1.82) is 0 Å². The number of carbonyl (C=O) groups excluding carboxylic acids is 1. The molecule has 1 unspecified atom stereocenters. The normalized spacial score (nSPS) is 16.7. The van der Waals surface area contributed by atoms with E-state index in [1.165, 1.54) is 21.1 Å². The second-order valence-corrected chi connectivity index (χ2v) is 8.22. The summed E-state index contributed by atoms with van der Waals surface area (Å²) in [5.41, 5.74) is 1.47. The number of rotatable bonds is 8. The molecule has 1 atom stereocenters. The number of nitrogens with zero attached hydrogens (tertiary/aromatic N) is 1. The van der Waals surface area contributed by atoms with Crippen molar-refractivity contribution < 1.29 is 33.2 Å². The Balaban J connectivity index is 1.35. The molecule has 4 rings (SSSR count). The first kappa shape index (κ1) is 23.9. The lowest BCUT2D eigenvalue weighted by atomic mass is 10.1. The SMILES string of the molecule is COc1ccc(C(C)=O)c(OCC2CN(C(=S)NCc3ccc4c(c3)OCO4)CCO2)c1OC. The van der Waals surface area contributed by atoms with Gasteiger partial charge in [-0.25, -0.2) is 0 Å². The number of methoxy groups -OCH3 is 2. The molecule has 0 spiro atoms. The van der Waals surface area contributed by atoms with Crippen LogP contribution in [0.3, 0.4) is 0 Å². The molecule has 9 nitrogen and oxygen atoms in total. The van der Waals surface area contributed by atoms with Gasteiger partial charge >= 0.3 is 0 Å². The van der Waals surface area contributed by atoms with Crippen molar-refractivity contribution in [2.75, 3.05) is 47.3 Å². The molecule has 2 aromatic rings. The number of morpholine rings is 1. The molecule has 0 amide bonds. The third kappa shape index (κ3) is 5.28. The second kappa shape index (κ2) is 10.8. The zero-order valence-electron chi connectivity index (χ0n) is 19.4. The van der Waals surface area contributed by atoms with Gasteiger partial charge in [0.05, 0.1) is 26.4 Å². The van der Waals surface area contributed by atoms with Gasteiger partial charge in [-0.2, -0.15) is 0 Å². The van der Waals surface area contributed by atoms with Crippen LogP contribution in [0.5, 0.6) is 28.7 Å². The van der Waals surface area contributed by atoms with Crippen LogP contribution in [0.4, 0.5) is 0 Å². The van der Waals surface area contributed by atoms with Gasteiger partial charge in [0.15, 0.2) is 33.9 Å². The molecule has 1 fully saturated rings. The zero-order chi connectivity index (χ0) is 24.1. The molecule has 34 heavy (non-hydrogen) atoms. The van der Waals surface area contributed by atoms with E-state index in [0.717, 1.165) is 17.1 Å². The summed E-state index contributed by atoms with van der Waals surface area (Å²) >= 11 is 5.61. The summed E-state index contributed by atoms with van der Waals surface area (Å²) < 4.78 is 33.5. The Bertz CT molecular complexity index is 1060. The zero-order valence-corrected chi connectivity index (χ0v) is 20.2. The molecule has 0 aliphatic carbocycles. The van der Waals surface area contributed by atoms with Crippen molar-refractivity contribution >= 4 is 23.1 Å². The van der Waals surface area contributed by atoms with Crippen molar-refractivity contribution in [3.8, 4) is 28.7 Å². The van der Waals surface area contributed by atoms with Crippen LogP contribution in [0.1, 0.15) is 22.8 Å². The van der Waals surface area contributed by atoms with Crippen molar-refractivity contribution in [3.05, 3.63) is 41.5 Å². The Morgan fingerprint density at radius 3 is 2.74 bits per heavy atom. The van der Waals surface area contributed by atoms with E-state index in [1.807, 2.05) is 18.2 Å². The van der Waals surface area contributed by atoms with Gasteiger partial charge in [0.25, 0.3) is 0 Å². The third-order valence-electron chi connectivity index (χ3n) is 5.60. The minimum Gasteiger partial charge on any atom is -0.493 e. The number of fused-ring (bicyclic) bond motifs is 1. The third-order valence-corrected chi connectivity index (χ3v) is 6.00. The highest BCUT2D eigenvalue weighted by atomic mass is 32.1. The number of thiocarbonyl (C=S) groups is 1. The molecule has 1 N–H and O–H groups in total. The number of nitrogens with one attached hydrogen (secondary N) is 1. The maximum absolute atomic E-state index is 12.1. The fraction of sp³-hybridized carbons (Fsp3) is 0.417. The van der Waals surface area contributed by atoms with E-state index in [-0.39, 0.29) is 25.3 Å². The van der Waals surface area contributed by atoms with Crippen LogP contribution >= 0.6 is 12.2 Å². The summed E-state index contributed by atoms with van der Waals surface area (Å²) in [5, 5.41) is 3.93. The van der Waals surface area contributed by atoms with Gasteiger partial charge in [-0.15, -0.1) is 0 Å². The minimum atomic E-state index is -0.241. The minimum absolute atomic E-state index is 0.129. The number of carbonyl (C=O) groups is 1. The van der Waals surface area contributed by atoms with E-state index in [1.54, 1.807) is 12.1 Å². The van der Waals surface area contributed by atoms with Gasteiger partial charge in [0.2, 0.25) is 12.5 Å². The van der Waals surface area contributed by atoms with Crippen LogP contribution < -0.4 is 29.0 Å². The smallest absolute Gasteiger partial charge is 0.231 e. The van der Waals surface area contributed by atoms with Gasteiger partial charge in [-0.1, -0.05) is 6.07 Å². The van der Waals surface area contributed by atoms with Gasteiger partial charge in [-0.05, 0) is 49.0 Å². The predicted molar refractivity (Wildman–Crippen MR) is 128 cm³/mol. The molecule has 2 aromatic carbocycles. The Labute approximate surface area is 203 Å². The monoisotopic (exact) mass is 488 g/mol. The van der Waals surface area contributed by atoms with Crippen LogP contribution in [0.25, 0.3) is 0 Å². The van der Waals surface area contributed by atoms with E-state index in [9.17, 15) is 4.79 Å². The van der Waals surface area contributed by atoms with E-state index in [4.69, 9.17) is 40.6 Å². The van der Waals surface area contributed by atoms with E-state index < -0.39 is 0 Å². The molecule has 2 heterocycles. The molecule has 0 bridgehead atoms. The van der Waals surface area contributed by atoms with Crippen LogP contribution in [-0.4, -0.2) is 69.2 Å². The number of ketones is 1. The molecular formula is C24H28N2O7S. The van der Waals surface area contributed by atoms with Crippen LogP contribution in [0.15, 0.2) is 30.3 Å². The van der Waals surface area contributed by atoms with E-state index >= 15 is 0 Å². The molecule has 2 aliphatic heterocycles. The molecule has 0 aromatic heterocycles. The summed E-state index contributed by atoms with van der Waals surface area (Å²) in [6.07, 6.45) is -0.241. The molecular weight excluding hydrogens is 460 g/mol. The molecule has 2 aliphatic rings. The molecule has 182 valence electrons. The lowest BCUT2D eigenvalue weighted by Crippen LogP contribution is -2.50.